The summed E-state index contributed by atoms with van der Waals surface area (Å²) in [6.07, 6.45) is 2.89. The molecule has 20 heavy (non-hydrogen) atoms. The van der Waals surface area contributed by atoms with Gasteiger partial charge in [-0.15, -0.1) is 0 Å². The lowest BCUT2D eigenvalue weighted by Gasteiger charge is -2.23. The largest absolute Gasteiger partial charge is 0.481 e. The number of ether oxygens (including phenoxy) is 1. The lowest BCUT2D eigenvalue weighted by atomic mass is 9.90. The summed E-state index contributed by atoms with van der Waals surface area (Å²) >= 11 is 0. The van der Waals surface area contributed by atoms with Gasteiger partial charge in [-0.05, 0) is 36.3 Å². The third-order valence-corrected chi connectivity index (χ3v) is 4.51. The molecule has 3 rings (SSSR count). The third-order valence-electron chi connectivity index (χ3n) is 4.51. The summed E-state index contributed by atoms with van der Waals surface area (Å²) in [6.45, 7) is 2.29. The van der Waals surface area contributed by atoms with Crippen molar-refractivity contribution >= 4 is 5.97 Å². The minimum Gasteiger partial charge on any atom is -0.481 e. The molecule has 4 heteroatoms. The van der Waals surface area contributed by atoms with Gasteiger partial charge >= 0.3 is 5.97 Å². The summed E-state index contributed by atoms with van der Waals surface area (Å²) in [5.74, 6) is -0.338. The standard InChI is InChI=1S/C16H21NO3/c18-16(19)14-9-15(17-10-14)13-3-1-11(2-4-13)12-5-7-20-8-6-12/h1-4,12,14-15,17H,5-10H2,(H,18,19). The average Bonchev–Trinajstić information content (AvgIpc) is 2.98. The predicted octanol–water partition coefficient (Wildman–Crippen LogP) is 2.32. The van der Waals surface area contributed by atoms with Crippen molar-refractivity contribution in [2.75, 3.05) is 19.8 Å². The van der Waals surface area contributed by atoms with Gasteiger partial charge in [0.2, 0.25) is 0 Å². The predicted molar refractivity (Wildman–Crippen MR) is 75.7 cm³/mol. The monoisotopic (exact) mass is 275 g/mol. The number of carboxylic acids is 1. The maximum absolute atomic E-state index is 11.0. The highest BCUT2D eigenvalue weighted by molar-refractivity contribution is 5.70. The van der Waals surface area contributed by atoms with Gasteiger partial charge in [0.15, 0.2) is 0 Å². The zero-order chi connectivity index (χ0) is 13.9. The summed E-state index contributed by atoms with van der Waals surface area (Å²) in [5.41, 5.74) is 2.58. The molecule has 2 heterocycles. The van der Waals surface area contributed by atoms with E-state index in [1.165, 1.54) is 11.1 Å². The van der Waals surface area contributed by atoms with Gasteiger partial charge in [-0.1, -0.05) is 24.3 Å². The van der Waals surface area contributed by atoms with Crippen molar-refractivity contribution in [3.63, 3.8) is 0 Å². The Morgan fingerprint density at radius 1 is 1.15 bits per heavy atom. The Labute approximate surface area is 119 Å². The molecule has 1 aromatic rings. The third kappa shape index (κ3) is 2.86. The van der Waals surface area contributed by atoms with Crippen LogP contribution < -0.4 is 5.32 Å². The van der Waals surface area contributed by atoms with E-state index in [4.69, 9.17) is 9.84 Å². The molecule has 0 aliphatic carbocycles. The minimum atomic E-state index is -0.696. The lowest BCUT2D eigenvalue weighted by molar-refractivity contribution is -0.141. The molecule has 2 unspecified atom stereocenters. The van der Waals surface area contributed by atoms with Crippen LogP contribution in [0.3, 0.4) is 0 Å². The fourth-order valence-corrected chi connectivity index (χ4v) is 3.21. The quantitative estimate of drug-likeness (QED) is 0.889. The Hall–Kier alpha value is -1.39. The van der Waals surface area contributed by atoms with Gasteiger partial charge in [0.25, 0.3) is 0 Å². The molecule has 108 valence electrons. The van der Waals surface area contributed by atoms with Gasteiger partial charge in [-0.25, -0.2) is 0 Å². The number of carboxylic acid groups (broad SMARTS) is 1. The number of rotatable bonds is 3. The smallest absolute Gasteiger partial charge is 0.307 e. The first-order valence-electron chi connectivity index (χ1n) is 7.38. The second-order valence-corrected chi connectivity index (χ2v) is 5.79. The first-order chi connectivity index (χ1) is 9.74. The second-order valence-electron chi connectivity index (χ2n) is 5.79. The van der Waals surface area contributed by atoms with Crippen LogP contribution in [-0.4, -0.2) is 30.8 Å². The van der Waals surface area contributed by atoms with Crippen LogP contribution in [0.5, 0.6) is 0 Å². The van der Waals surface area contributed by atoms with E-state index in [0.717, 1.165) is 26.1 Å². The molecule has 1 aromatic carbocycles. The van der Waals surface area contributed by atoms with Gasteiger partial charge in [0, 0.05) is 25.8 Å². The van der Waals surface area contributed by atoms with Gasteiger partial charge in [0.05, 0.1) is 5.92 Å². The molecule has 2 atom stereocenters. The van der Waals surface area contributed by atoms with E-state index < -0.39 is 5.97 Å². The van der Waals surface area contributed by atoms with Crippen molar-refractivity contribution in [3.05, 3.63) is 35.4 Å². The number of nitrogens with one attached hydrogen (secondary N) is 1. The summed E-state index contributed by atoms with van der Waals surface area (Å²) in [4.78, 5) is 11.0. The molecule has 2 aliphatic heterocycles. The molecule has 2 N–H and O–H groups in total. The Kier molecular flexibility index (Phi) is 4.03. The topological polar surface area (TPSA) is 58.6 Å². The molecule has 0 spiro atoms. The van der Waals surface area contributed by atoms with E-state index in [0.29, 0.717) is 18.9 Å². The molecule has 2 saturated heterocycles. The Balaban J connectivity index is 1.65. The molecule has 0 radical (unpaired) electrons. The Bertz CT molecular complexity index is 465. The van der Waals surface area contributed by atoms with Crippen molar-refractivity contribution in [3.8, 4) is 0 Å². The van der Waals surface area contributed by atoms with Crippen LogP contribution in [0.2, 0.25) is 0 Å². The highest BCUT2D eigenvalue weighted by Gasteiger charge is 2.30. The minimum absolute atomic E-state index is 0.180. The van der Waals surface area contributed by atoms with Crippen molar-refractivity contribution in [1.82, 2.24) is 5.32 Å². The molecule has 4 nitrogen and oxygen atoms in total. The van der Waals surface area contributed by atoms with Gasteiger partial charge in [-0.2, -0.15) is 0 Å². The summed E-state index contributed by atoms with van der Waals surface area (Å²) in [6, 6.07) is 8.86. The van der Waals surface area contributed by atoms with Crippen LogP contribution in [-0.2, 0) is 9.53 Å². The normalized spacial score (nSPS) is 27.6. The van der Waals surface area contributed by atoms with E-state index in [1.54, 1.807) is 0 Å². The summed E-state index contributed by atoms with van der Waals surface area (Å²) in [7, 11) is 0. The van der Waals surface area contributed by atoms with Gasteiger partial charge in [-0.3, -0.25) is 4.79 Å². The van der Waals surface area contributed by atoms with E-state index in [9.17, 15) is 4.79 Å². The average molecular weight is 275 g/mol. The van der Waals surface area contributed by atoms with Gasteiger partial charge < -0.3 is 15.2 Å². The highest BCUT2D eigenvalue weighted by atomic mass is 16.5. The van der Waals surface area contributed by atoms with Crippen LogP contribution in [0.15, 0.2) is 24.3 Å². The maximum Gasteiger partial charge on any atom is 0.307 e. The molecule has 0 bridgehead atoms. The number of aliphatic carboxylic acids is 1. The Morgan fingerprint density at radius 2 is 1.80 bits per heavy atom. The zero-order valence-electron chi connectivity index (χ0n) is 11.5. The van der Waals surface area contributed by atoms with Crippen molar-refractivity contribution in [2.45, 2.75) is 31.2 Å². The van der Waals surface area contributed by atoms with Crippen molar-refractivity contribution in [1.29, 1.82) is 0 Å². The number of hydrogen-bond acceptors (Lipinski definition) is 3. The first kappa shape index (κ1) is 13.6. The molecular weight excluding hydrogens is 254 g/mol. The highest BCUT2D eigenvalue weighted by Crippen LogP contribution is 2.31. The number of benzene rings is 1. The molecule has 2 aliphatic rings. The fraction of sp³-hybridized carbons (Fsp3) is 0.562. The Morgan fingerprint density at radius 3 is 2.40 bits per heavy atom. The summed E-state index contributed by atoms with van der Waals surface area (Å²) < 4.78 is 5.39. The van der Waals surface area contributed by atoms with E-state index in [-0.39, 0.29) is 12.0 Å². The van der Waals surface area contributed by atoms with E-state index in [2.05, 4.69) is 29.6 Å². The van der Waals surface area contributed by atoms with Crippen molar-refractivity contribution < 1.29 is 14.6 Å². The van der Waals surface area contributed by atoms with E-state index in [1.807, 2.05) is 0 Å². The first-order valence-corrected chi connectivity index (χ1v) is 7.38. The molecule has 0 aromatic heterocycles. The molecular formula is C16H21NO3. The maximum atomic E-state index is 11.0. The lowest BCUT2D eigenvalue weighted by Crippen LogP contribution is -2.17. The fourth-order valence-electron chi connectivity index (χ4n) is 3.21. The molecule has 0 amide bonds. The number of carbonyl (C=O) groups is 1. The molecule has 2 fully saturated rings. The molecule has 0 saturated carbocycles. The van der Waals surface area contributed by atoms with Crippen LogP contribution >= 0.6 is 0 Å². The second kappa shape index (κ2) is 5.94. The SMILES string of the molecule is O=C(O)C1CNC(c2ccc(C3CCOCC3)cc2)C1. The van der Waals surface area contributed by atoms with Crippen LogP contribution in [0.1, 0.15) is 42.3 Å². The van der Waals surface area contributed by atoms with Crippen molar-refractivity contribution in [2.24, 2.45) is 5.92 Å². The van der Waals surface area contributed by atoms with Crippen LogP contribution in [0, 0.1) is 5.92 Å². The summed E-state index contributed by atoms with van der Waals surface area (Å²) in [5, 5.41) is 12.3. The number of hydrogen-bond donors (Lipinski definition) is 2. The van der Waals surface area contributed by atoms with Crippen LogP contribution in [0.4, 0.5) is 0 Å². The van der Waals surface area contributed by atoms with E-state index >= 15 is 0 Å². The zero-order valence-corrected chi connectivity index (χ0v) is 11.5. The van der Waals surface area contributed by atoms with Gasteiger partial charge in [0.1, 0.15) is 0 Å². The van der Waals surface area contributed by atoms with Crippen LogP contribution in [0.25, 0.3) is 0 Å².